The molecule has 2 unspecified atom stereocenters. The molecule has 0 radical (unpaired) electrons. The minimum absolute atomic E-state index is 0.111. The molecule has 2 aliphatic heterocycles. The summed E-state index contributed by atoms with van der Waals surface area (Å²) in [6.07, 6.45) is 4.22. The van der Waals surface area contributed by atoms with Gasteiger partial charge in [0.15, 0.2) is 18.2 Å². The number of nitrogens with one attached hydrogen (secondary N) is 2. The van der Waals surface area contributed by atoms with E-state index >= 15 is 0 Å². The van der Waals surface area contributed by atoms with Gasteiger partial charge in [-0.2, -0.15) is 0 Å². The van der Waals surface area contributed by atoms with E-state index in [4.69, 9.17) is 9.47 Å². The summed E-state index contributed by atoms with van der Waals surface area (Å²) in [6, 6.07) is 1.41. The van der Waals surface area contributed by atoms with E-state index in [1.807, 2.05) is 0 Å². The minimum Gasteiger partial charge on any atom is -0.465 e. The van der Waals surface area contributed by atoms with E-state index in [0.29, 0.717) is 37.7 Å². The molecule has 0 aromatic carbocycles. The molecule has 10 nitrogen and oxygen atoms in total. The van der Waals surface area contributed by atoms with Gasteiger partial charge in [0.25, 0.3) is 11.8 Å². The first-order chi connectivity index (χ1) is 15.1. The Kier molecular flexibility index (Phi) is 5.10. The Balaban J connectivity index is 1.10. The van der Waals surface area contributed by atoms with Gasteiger partial charge in [0.1, 0.15) is 11.9 Å². The van der Waals surface area contributed by atoms with Gasteiger partial charge in [-0.15, -0.1) is 0 Å². The lowest BCUT2D eigenvalue weighted by Crippen LogP contribution is -2.30. The van der Waals surface area contributed by atoms with E-state index < -0.39 is 6.09 Å². The molecule has 162 valence electrons. The fourth-order valence-corrected chi connectivity index (χ4v) is 4.09. The van der Waals surface area contributed by atoms with E-state index in [1.165, 1.54) is 23.4 Å². The predicted molar refractivity (Wildman–Crippen MR) is 106 cm³/mol. The summed E-state index contributed by atoms with van der Waals surface area (Å²) in [4.78, 5) is 37.8. The molecule has 11 heteroatoms. The van der Waals surface area contributed by atoms with Crippen LogP contribution in [0, 0.1) is 11.7 Å². The van der Waals surface area contributed by atoms with Crippen molar-refractivity contribution >= 4 is 23.6 Å². The van der Waals surface area contributed by atoms with Crippen LogP contribution in [-0.2, 0) is 22.4 Å². The Morgan fingerprint density at radius 2 is 2.19 bits per heavy atom. The highest BCUT2D eigenvalue weighted by Crippen LogP contribution is 2.28. The Hall–Kier alpha value is -3.34. The maximum Gasteiger partial charge on any atom is 0.415 e. The summed E-state index contributed by atoms with van der Waals surface area (Å²) in [5.74, 6) is 0.516. The minimum atomic E-state index is -0.505. The number of ether oxygens (including phenoxy) is 2. The lowest BCUT2D eigenvalue weighted by Gasteiger charge is -2.18. The zero-order valence-electron chi connectivity index (χ0n) is 16.6. The quantitative estimate of drug-likeness (QED) is 0.656. The van der Waals surface area contributed by atoms with Crippen molar-refractivity contribution in [2.75, 3.05) is 36.5 Å². The molecule has 3 aliphatic rings. The maximum atomic E-state index is 13.8. The number of anilines is 2. The Morgan fingerprint density at radius 3 is 3.06 bits per heavy atom. The summed E-state index contributed by atoms with van der Waals surface area (Å²) < 4.78 is 24.4. The van der Waals surface area contributed by atoms with Gasteiger partial charge in [-0.3, -0.25) is 14.7 Å². The molecule has 31 heavy (non-hydrogen) atoms. The Bertz CT molecular complexity index is 1030. The monoisotopic (exact) mass is 428 g/mol. The van der Waals surface area contributed by atoms with Crippen molar-refractivity contribution in [2.24, 2.45) is 5.92 Å². The van der Waals surface area contributed by atoms with E-state index in [0.717, 1.165) is 24.2 Å². The molecule has 2 aromatic heterocycles. The third-order valence-electron chi connectivity index (χ3n) is 5.61. The van der Waals surface area contributed by atoms with Crippen LogP contribution in [0.5, 0.6) is 5.88 Å². The SMILES string of the molecule is O=C1COc2ncc(N3CC(CCNCC4Cc5nccc(F)c5C4)OC3=O)nc2N1. The Labute approximate surface area is 177 Å². The Morgan fingerprint density at radius 1 is 1.29 bits per heavy atom. The molecule has 1 saturated heterocycles. The normalized spacial score (nSPS) is 21.9. The predicted octanol–water partition coefficient (Wildman–Crippen LogP) is 1.06. The van der Waals surface area contributed by atoms with Gasteiger partial charge in [0, 0.05) is 17.5 Å². The fraction of sp³-hybridized carbons (Fsp3) is 0.450. The summed E-state index contributed by atoms with van der Waals surface area (Å²) in [5, 5.41) is 5.95. The van der Waals surface area contributed by atoms with Crippen LogP contribution in [0.2, 0.25) is 0 Å². The maximum absolute atomic E-state index is 13.8. The zero-order valence-corrected chi connectivity index (χ0v) is 16.6. The number of nitrogens with zero attached hydrogens (tertiary/aromatic N) is 4. The number of carbonyl (C=O) groups is 2. The highest BCUT2D eigenvalue weighted by molar-refractivity contribution is 5.94. The number of cyclic esters (lactones) is 1. The van der Waals surface area contributed by atoms with E-state index in [1.54, 1.807) is 0 Å². The molecule has 0 spiro atoms. The largest absolute Gasteiger partial charge is 0.465 e. The summed E-state index contributed by atoms with van der Waals surface area (Å²) >= 11 is 0. The van der Waals surface area contributed by atoms with E-state index in [-0.39, 0.29) is 36.1 Å². The number of aromatic nitrogens is 3. The summed E-state index contributed by atoms with van der Waals surface area (Å²) in [6.45, 7) is 1.64. The molecule has 0 bridgehead atoms. The van der Waals surface area contributed by atoms with Crippen LogP contribution in [0.1, 0.15) is 17.7 Å². The van der Waals surface area contributed by atoms with Crippen molar-refractivity contribution in [3.05, 3.63) is 35.5 Å². The molecule has 2 amide bonds. The molecule has 2 N–H and O–H groups in total. The first kappa shape index (κ1) is 19.6. The molecule has 2 atom stereocenters. The van der Waals surface area contributed by atoms with Gasteiger partial charge in [-0.1, -0.05) is 0 Å². The molecular formula is C20H21FN6O4. The van der Waals surface area contributed by atoms with Crippen LogP contribution in [0.3, 0.4) is 0 Å². The van der Waals surface area contributed by atoms with Crippen LogP contribution in [0.25, 0.3) is 0 Å². The van der Waals surface area contributed by atoms with Crippen molar-refractivity contribution < 1.29 is 23.5 Å². The van der Waals surface area contributed by atoms with Crippen molar-refractivity contribution in [2.45, 2.75) is 25.4 Å². The first-order valence-corrected chi connectivity index (χ1v) is 10.2. The van der Waals surface area contributed by atoms with Crippen molar-refractivity contribution in [3.63, 3.8) is 0 Å². The number of fused-ring (bicyclic) bond motifs is 2. The lowest BCUT2D eigenvalue weighted by molar-refractivity contribution is -0.118. The first-order valence-electron chi connectivity index (χ1n) is 10.2. The second-order valence-corrected chi connectivity index (χ2v) is 7.82. The highest BCUT2D eigenvalue weighted by atomic mass is 19.1. The van der Waals surface area contributed by atoms with Crippen LogP contribution in [0.4, 0.5) is 20.8 Å². The number of halogens is 1. The van der Waals surface area contributed by atoms with Crippen molar-refractivity contribution in [1.29, 1.82) is 0 Å². The molecule has 1 aliphatic carbocycles. The van der Waals surface area contributed by atoms with Crippen LogP contribution >= 0.6 is 0 Å². The molecule has 2 aromatic rings. The second kappa shape index (κ2) is 8.06. The molecule has 5 rings (SSSR count). The zero-order chi connectivity index (χ0) is 21.4. The van der Waals surface area contributed by atoms with E-state index in [2.05, 4.69) is 25.6 Å². The number of carbonyl (C=O) groups excluding carboxylic acids is 2. The van der Waals surface area contributed by atoms with Crippen molar-refractivity contribution in [3.8, 4) is 5.88 Å². The third-order valence-corrected chi connectivity index (χ3v) is 5.61. The van der Waals surface area contributed by atoms with Crippen molar-refractivity contribution in [1.82, 2.24) is 20.3 Å². The number of amides is 2. The molecule has 0 saturated carbocycles. The van der Waals surface area contributed by atoms with E-state index in [9.17, 15) is 14.0 Å². The van der Waals surface area contributed by atoms with Gasteiger partial charge in [0.2, 0.25) is 0 Å². The standard InChI is InChI=1S/C20H21FN6O4/c21-14-2-4-23-15-6-11(5-13(14)15)7-22-3-1-12-9-27(20(29)31-12)16-8-24-19-18(25-16)26-17(28)10-30-19/h2,4,8,11-12,22H,1,3,5-7,9-10H2,(H,25,26,28). The smallest absolute Gasteiger partial charge is 0.415 e. The van der Waals surface area contributed by atoms with Gasteiger partial charge in [-0.05, 0) is 44.3 Å². The number of rotatable bonds is 6. The third kappa shape index (κ3) is 4.00. The van der Waals surface area contributed by atoms with Gasteiger partial charge < -0.3 is 20.1 Å². The lowest BCUT2D eigenvalue weighted by atomic mass is 10.1. The number of hydrogen-bond acceptors (Lipinski definition) is 8. The molecule has 1 fully saturated rings. The summed E-state index contributed by atoms with van der Waals surface area (Å²) in [7, 11) is 0. The summed E-state index contributed by atoms with van der Waals surface area (Å²) in [5.41, 5.74) is 1.57. The van der Waals surface area contributed by atoms with Gasteiger partial charge in [-0.25, -0.2) is 19.2 Å². The molecule has 4 heterocycles. The second-order valence-electron chi connectivity index (χ2n) is 7.82. The van der Waals surface area contributed by atoms with Crippen LogP contribution in [0.15, 0.2) is 18.5 Å². The molecular weight excluding hydrogens is 407 g/mol. The number of pyridine rings is 1. The average Bonchev–Trinajstić information content (AvgIpc) is 3.34. The average molecular weight is 428 g/mol. The highest BCUT2D eigenvalue weighted by Gasteiger charge is 2.34. The van der Waals surface area contributed by atoms with Crippen LogP contribution < -0.4 is 20.3 Å². The van der Waals surface area contributed by atoms with Gasteiger partial charge >= 0.3 is 6.09 Å². The topological polar surface area (TPSA) is 119 Å². The van der Waals surface area contributed by atoms with Gasteiger partial charge in [0.05, 0.1) is 12.7 Å². The van der Waals surface area contributed by atoms with Crippen LogP contribution in [-0.4, -0.2) is 59.3 Å². The number of hydrogen-bond donors (Lipinski definition) is 2. The fourth-order valence-electron chi connectivity index (χ4n) is 4.09.